The number of piperidine rings is 1. The fourth-order valence-electron chi connectivity index (χ4n) is 5.18. The molecule has 0 bridgehead atoms. The number of amides is 2. The molecule has 1 fully saturated rings. The highest BCUT2D eigenvalue weighted by Crippen LogP contribution is 2.23. The monoisotopic (exact) mass is 524 g/mol. The first kappa shape index (κ1) is 26.4. The van der Waals surface area contributed by atoms with Gasteiger partial charge < -0.3 is 4.90 Å². The van der Waals surface area contributed by atoms with Gasteiger partial charge in [0, 0.05) is 55.8 Å². The largest absolute Gasteiger partial charge is 0.343 e. The lowest BCUT2D eigenvalue weighted by atomic mass is 9.94. The second-order valence-corrected chi connectivity index (χ2v) is 10.3. The maximum absolute atomic E-state index is 13.3. The van der Waals surface area contributed by atoms with Crippen LogP contribution >= 0.6 is 0 Å². The number of nitrogens with one attached hydrogen (secondary N) is 1. The molecule has 2 amide bonds. The van der Waals surface area contributed by atoms with Crippen LogP contribution in [0, 0.1) is 5.92 Å². The molecule has 1 N–H and O–H groups in total. The van der Waals surface area contributed by atoms with E-state index in [1.807, 2.05) is 77.4 Å². The van der Waals surface area contributed by atoms with E-state index < -0.39 is 0 Å². The summed E-state index contributed by atoms with van der Waals surface area (Å²) in [4.78, 5) is 32.8. The predicted molar refractivity (Wildman–Crippen MR) is 153 cm³/mol. The second-order valence-electron chi connectivity index (χ2n) is 10.3. The number of carbonyl (C=O) groups is 2. The van der Waals surface area contributed by atoms with Crippen LogP contribution in [-0.4, -0.2) is 49.1 Å². The van der Waals surface area contributed by atoms with E-state index in [1.165, 1.54) is 6.42 Å². The van der Waals surface area contributed by atoms with Crippen molar-refractivity contribution in [3.8, 4) is 16.8 Å². The Kier molecular flexibility index (Phi) is 8.20. The topological polar surface area (TPSA) is 85.0 Å². The number of carbonyl (C=O) groups excluding carboxylic acids is 2. The molecule has 2 aromatic heterocycles. The van der Waals surface area contributed by atoms with Crippen LogP contribution in [0.2, 0.25) is 0 Å². The molecule has 2 aromatic carbocycles. The van der Waals surface area contributed by atoms with Gasteiger partial charge in [0.25, 0.3) is 5.91 Å². The van der Waals surface area contributed by atoms with Gasteiger partial charge in [0.2, 0.25) is 11.9 Å². The quantitative estimate of drug-likeness (QED) is 0.314. The average molecular weight is 525 g/mol. The maximum atomic E-state index is 13.3. The van der Waals surface area contributed by atoms with Crippen molar-refractivity contribution < 1.29 is 9.59 Å². The number of nitrogens with zero attached hydrogens (tertiary/aromatic N) is 5. The molecule has 0 atom stereocenters. The van der Waals surface area contributed by atoms with Crippen LogP contribution in [0.1, 0.15) is 55.1 Å². The van der Waals surface area contributed by atoms with Crippen LogP contribution in [0.25, 0.3) is 16.8 Å². The van der Waals surface area contributed by atoms with Gasteiger partial charge in [-0.15, -0.1) is 0 Å². The molecule has 1 aliphatic heterocycles. The molecule has 8 heteroatoms. The average Bonchev–Trinajstić information content (AvgIpc) is 3.59. The number of benzene rings is 2. The first-order valence-corrected chi connectivity index (χ1v) is 13.8. The summed E-state index contributed by atoms with van der Waals surface area (Å²) in [5.41, 5.74) is 4.16. The molecule has 8 nitrogen and oxygen atoms in total. The Balaban J connectivity index is 1.27. The van der Waals surface area contributed by atoms with Gasteiger partial charge in [0.1, 0.15) is 0 Å². The lowest BCUT2D eigenvalue weighted by Crippen LogP contribution is -2.38. The van der Waals surface area contributed by atoms with E-state index in [2.05, 4.69) is 17.3 Å². The first-order valence-electron chi connectivity index (χ1n) is 13.8. The van der Waals surface area contributed by atoms with Crippen LogP contribution in [0.4, 0.5) is 5.95 Å². The van der Waals surface area contributed by atoms with E-state index in [4.69, 9.17) is 4.98 Å². The summed E-state index contributed by atoms with van der Waals surface area (Å²) in [7, 11) is 1.87. The smallest absolute Gasteiger partial charge is 0.258 e. The Bertz CT molecular complexity index is 1420. The standard InChI is InChI=1S/C31H36N6O2/c1-3-23-15-17-36(18-16-23)29(38)14-8-11-27-22-37(28-12-5-4-6-13-28)31(33-27)34-30(39)25-10-7-9-24(19-25)26-20-32-35(2)21-26/h4-7,9-10,12-13,19-23H,3,8,11,14-18H2,1-2H3,(H,33,34,39). The molecule has 202 valence electrons. The Morgan fingerprint density at radius 2 is 1.79 bits per heavy atom. The summed E-state index contributed by atoms with van der Waals surface area (Å²) < 4.78 is 3.64. The molecule has 1 aliphatic rings. The van der Waals surface area contributed by atoms with Crippen LogP contribution in [0.5, 0.6) is 0 Å². The predicted octanol–water partition coefficient (Wildman–Crippen LogP) is 5.50. The number of rotatable bonds is 9. The van der Waals surface area contributed by atoms with Gasteiger partial charge in [-0.2, -0.15) is 5.10 Å². The number of aryl methyl sites for hydroxylation is 2. The van der Waals surface area contributed by atoms with E-state index in [9.17, 15) is 9.59 Å². The molecule has 0 aliphatic carbocycles. The first-order chi connectivity index (χ1) is 19.0. The molecule has 1 saturated heterocycles. The number of hydrogen-bond donors (Lipinski definition) is 1. The molecule has 0 spiro atoms. The lowest BCUT2D eigenvalue weighted by Gasteiger charge is -2.31. The maximum Gasteiger partial charge on any atom is 0.258 e. The minimum absolute atomic E-state index is 0.231. The third kappa shape index (κ3) is 6.45. The van der Waals surface area contributed by atoms with E-state index in [1.54, 1.807) is 16.9 Å². The molecule has 0 radical (unpaired) electrons. The molecule has 0 saturated carbocycles. The number of para-hydroxylation sites is 1. The van der Waals surface area contributed by atoms with E-state index in [-0.39, 0.29) is 11.8 Å². The van der Waals surface area contributed by atoms with Gasteiger partial charge in [-0.25, -0.2) is 4.98 Å². The molecular weight excluding hydrogens is 488 g/mol. The number of likely N-dealkylation sites (tertiary alicyclic amines) is 1. The Morgan fingerprint density at radius 1 is 1.00 bits per heavy atom. The van der Waals surface area contributed by atoms with Crippen molar-refractivity contribution >= 4 is 17.8 Å². The van der Waals surface area contributed by atoms with E-state index in [0.29, 0.717) is 24.4 Å². The molecule has 39 heavy (non-hydrogen) atoms. The highest BCUT2D eigenvalue weighted by Gasteiger charge is 2.21. The van der Waals surface area contributed by atoms with Crippen LogP contribution in [0.3, 0.4) is 0 Å². The summed E-state index contributed by atoms with van der Waals surface area (Å²) in [6.45, 7) is 3.98. The summed E-state index contributed by atoms with van der Waals surface area (Å²) in [6, 6.07) is 17.3. The van der Waals surface area contributed by atoms with Crippen molar-refractivity contribution in [1.29, 1.82) is 0 Å². The van der Waals surface area contributed by atoms with Crippen molar-refractivity contribution in [2.45, 2.75) is 45.4 Å². The third-order valence-corrected chi connectivity index (χ3v) is 7.55. The van der Waals surface area contributed by atoms with Crippen molar-refractivity contribution in [3.05, 3.63) is 84.4 Å². The van der Waals surface area contributed by atoms with Gasteiger partial charge in [-0.3, -0.25) is 24.2 Å². The van der Waals surface area contributed by atoms with Crippen molar-refractivity contribution in [2.24, 2.45) is 13.0 Å². The van der Waals surface area contributed by atoms with Gasteiger partial charge >= 0.3 is 0 Å². The van der Waals surface area contributed by atoms with E-state index >= 15 is 0 Å². The summed E-state index contributed by atoms with van der Waals surface area (Å²) in [5, 5.41) is 7.24. The van der Waals surface area contributed by atoms with Gasteiger partial charge in [0.05, 0.1) is 11.9 Å². The Labute approximate surface area is 229 Å². The summed E-state index contributed by atoms with van der Waals surface area (Å²) in [5.74, 6) is 1.21. The second kappa shape index (κ2) is 12.1. The zero-order valence-corrected chi connectivity index (χ0v) is 22.7. The van der Waals surface area contributed by atoms with E-state index in [0.717, 1.165) is 60.8 Å². The fraction of sp³-hybridized carbons (Fsp3) is 0.355. The SMILES string of the molecule is CCC1CCN(C(=O)CCCc2cn(-c3ccccc3)c(NC(=O)c3cccc(-c4cnn(C)c4)c3)n2)CC1. The minimum atomic E-state index is -0.235. The summed E-state index contributed by atoms with van der Waals surface area (Å²) in [6.07, 6.45) is 11.0. The van der Waals surface area contributed by atoms with Crippen molar-refractivity contribution in [1.82, 2.24) is 24.2 Å². The van der Waals surface area contributed by atoms with Gasteiger partial charge in [-0.05, 0) is 61.4 Å². The molecule has 0 unspecified atom stereocenters. The van der Waals surface area contributed by atoms with Crippen LogP contribution in [0.15, 0.2) is 73.2 Å². The zero-order valence-electron chi connectivity index (χ0n) is 22.7. The van der Waals surface area contributed by atoms with Crippen LogP contribution in [-0.2, 0) is 18.3 Å². The summed E-state index contributed by atoms with van der Waals surface area (Å²) >= 11 is 0. The Morgan fingerprint density at radius 3 is 2.51 bits per heavy atom. The minimum Gasteiger partial charge on any atom is -0.343 e. The van der Waals surface area contributed by atoms with Crippen molar-refractivity contribution in [2.75, 3.05) is 18.4 Å². The molecule has 3 heterocycles. The highest BCUT2D eigenvalue weighted by molar-refractivity contribution is 6.04. The Hall–Kier alpha value is -4.20. The number of hydrogen-bond acceptors (Lipinski definition) is 4. The normalized spacial score (nSPS) is 13.9. The molecular formula is C31H36N6O2. The molecule has 5 rings (SSSR count). The number of aromatic nitrogens is 4. The highest BCUT2D eigenvalue weighted by atomic mass is 16.2. The van der Waals surface area contributed by atoms with Gasteiger partial charge in [-0.1, -0.05) is 43.7 Å². The van der Waals surface area contributed by atoms with Crippen molar-refractivity contribution in [3.63, 3.8) is 0 Å². The third-order valence-electron chi connectivity index (χ3n) is 7.55. The number of imidazole rings is 1. The number of anilines is 1. The zero-order chi connectivity index (χ0) is 27.2. The molecule has 4 aromatic rings. The lowest BCUT2D eigenvalue weighted by molar-refractivity contribution is -0.132. The van der Waals surface area contributed by atoms with Gasteiger partial charge in [0.15, 0.2) is 0 Å². The van der Waals surface area contributed by atoms with Crippen LogP contribution < -0.4 is 5.32 Å². The fourth-order valence-corrected chi connectivity index (χ4v) is 5.18.